The van der Waals surface area contributed by atoms with E-state index < -0.39 is 11.7 Å². The Morgan fingerprint density at radius 2 is 2.17 bits per heavy atom. The standard InChI is InChI=1S/C23H17BrFN9O/c24-17-3-4-32-12-27-19(21(32)20(17)25)11-34(23(35)18-7-28-31-30-18)10-16-9-33-8-15(13-1-2-13)5-14(6-26)22(33)29-16/h3-5,7-9,12-13H,1-2,10-11H2,(H,28,30,31). The number of rotatable bonds is 6. The molecule has 1 N–H and O–H groups in total. The Balaban J connectivity index is 1.39. The summed E-state index contributed by atoms with van der Waals surface area (Å²) in [6.45, 7) is 0.119. The number of halogens is 2. The Kier molecular flexibility index (Phi) is 5.07. The van der Waals surface area contributed by atoms with E-state index in [0.717, 1.165) is 18.4 Å². The molecule has 0 aliphatic heterocycles. The minimum Gasteiger partial charge on any atom is -0.325 e. The number of pyridine rings is 2. The Hall–Kier alpha value is -4.11. The van der Waals surface area contributed by atoms with E-state index in [4.69, 9.17) is 0 Å². The number of nitrogens with one attached hydrogen (secondary N) is 1. The van der Waals surface area contributed by atoms with Crippen LogP contribution in [0.5, 0.6) is 0 Å². The predicted molar refractivity (Wildman–Crippen MR) is 125 cm³/mol. The normalized spacial score (nSPS) is 13.4. The third-order valence-corrected chi connectivity index (χ3v) is 6.69. The molecule has 1 fully saturated rings. The maximum Gasteiger partial charge on any atom is 0.276 e. The summed E-state index contributed by atoms with van der Waals surface area (Å²) in [6, 6.07) is 5.71. The van der Waals surface area contributed by atoms with Crippen molar-refractivity contribution in [3.8, 4) is 6.07 Å². The molecule has 6 rings (SSSR count). The first-order valence-corrected chi connectivity index (χ1v) is 11.7. The molecule has 0 unspecified atom stereocenters. The van der Waals surface area contributed by atoms with E-state index in [2.05, 4.69) is 47.4 Å². The summed E-state index contributed by atoms with van der Waals surface area (Å²) in [7, 11) is 0. The summed E-state index contributed by atoms with van der Waals surface area (Å²) in [4.78, 5) is 23.7. The summed E-state index contributed by atoms with van der Waals surface area (Å²) in [5, 5.41) is 19.7. The van der Waals surface area contributed by atoms with Crippen molar-refractivity contribution in [1.82, 2.24) is 39.1 Å². The first-order valence-electron chi connectivity index (χ1n) is 10.9. The van der Waals surface area contributed by atoms with Crippen molar-refractivity contribution < 1.29 is 9.18 Å². The van der Waals surface area contributed by atoms with Crippen LogP contribution in [0, 0.1) is 17.1 Å². The van der Waals surface area contributed by atoms with Crippen LogP contribution in [0.4, 0.5) is 4.39 Å². The van der Waals surface area contributed by atoms with Crippen LogP contribution in [0.3, 0.4) is 0 Å². The Bertz CT molecular complexity index is 1630. The van der Waals surface area contributed by atoms with Gasteiger partial charge in [0, 0.05) is 18.6 Å². The molecule has 0 spiro atoms. The number of aromatic nitrogens is 7. The highest BCUT2D eigenvalue weighted by molar-refractivity contribution is 9.10. The molecule has 0 radical (unpaired) electrons. The van der Waals surface area contributed by atoms with Gasteiger partial charge in [0.15, 0.2) is 17.2 Å². The molecule has 5 aromatic rings. The van der Waals surface area contributed by atoms with Crippen molar-refractivity contribution in [3.05, 3.63) is 81.7 Å². The van der Waals surface area contributed by atoms with Gasteiger partial charge in [-0.15, -0.1) is 0 Å². The average Bonchev–Trinajstić information content (AvgIpc) is 3.23. The van der Waals surface area contributed by atoms with Crippen molar-refractivity contribution in [2.24, 2.45) is 0 Å². The predicted octanol–water partition coefficient (Wildman–Crippen LogP) is 3.59. The molecule has 0 saturated heterocycles. The number of amides is 1. The molecular weight excluding hydrogens is 517 g/mol. The summed E-state index contributed by atoms with van der Waals surface area (Å²) < 4.78 is 18.6. The summed E-state index contributed by atoms with van der Waals surface area (Å²) in [5.41, 5.74) is 3.49. The van der Waals surface area contributed by atoms with Crippen LogP contribution in [0.15, 0.2) is 47.7 Å². The number of carbonyl (C=O) groups is 1. The quantitative estimate of drug-likeness (QED) is 0.356. The molecule has 0 aromatic carbocycles. The zero-order chi connectivity index (χ0) is 24.1. The number of fused-ring (bicyclic) bond motifs is 2. The van der Waals surface area contributed by atoms with Gasteiger partial charge in [0.1, 0.15) is 11.6 Å². The van der Waals surface area contributed by atoms with Crippen LogP contribution in [-0.4, -0.2) is 45.0 Å². The van der Waals surface area contributed by atoms with Gasteiger partial charge < -0.3 is 13.7 Å². The SMILES string of the molecule is N#Cc1cc(C2CC2)cn2cc(CN(Cc3ncn4ccc(Br)c(F)c34)C(=O)c3cn[nH]n3)nc12. The van der Waals surface area contributed by atoms with Gasteiger partial charge in [-0.2, -0.15) is 20.7 Å². The number of nitrogens with zero attached hydrogens (tertiary/aromatic N) is 8. The fourth-order valence-corrected chi connectivity index (χ4v) is 4.52. The summed E-state index contributed by atoms with van der Waals surface area (Å²) in [6.07, 6.45) is 10.6. The number of aromatic amines is 1. The number of hydrogen-bond donors (Lipinski definition) is 1. The summed E-state index contributed by atoms with van der Waals surface area (Å²) in [5.74, 6) is -0.398. The molecule has 1 saturated carbocycles. The topological polar surface area (TPSA) is 120 Å². The third-order valence-electron chi connectivity index (χ3n) is 6.07. The number of hydrogen-bond acceptors (Lipinski definition) is 6. The van der Waals surface area contributed by atoms with Crippen molar-refractivity contribution in [2.45, 2.75) is 31.8 Å². The fraction of sp³-hybridized carbons (Fsp3) is 0.217. The second-order valence-corrected chi connectivity index (χ2v) is 9.33. The van der Waals surface area contributed by atoms with Crippen LogP contribution in [0.1, 0.15) is 51.8 Å². The lowest BCUT2D eigenvalue weighted by atomic mass is 10.1. The first kappa shape index (κ1) is 21.4. The Morgan fingerprint density at radius 1 is 1.31 bits per heavy atom. The first-order chi connectivity index (χ1) is 17.0. The maximum atomic E-state index is 14.9. The van der Waals surface area contributed by atoms with E-state index in [0.29, 0.717) is 33.0 Å². The number of H-pyrrole nitrogens is 1. The summed E-state index contributed by atoms with van der Waals surface area (Å²) >= 11 is 3.21. The van der Waals surface area contributed by atoms with Crippen LogP contribution in [-0.2, 0) is 13.1 Å². The van der Waals surface area contributed by atoms with E-state index in [1.165, 1.54) is 17.4 Å². The average molecular weight is 534 g/mol. The lowest BCUT2D eigenvalue weighted by Crippen LogP contribution is -2.31. The molecule has 5 heterocycles. The van der Waals surface area contributed by atoms with Gasteiger partial charge >= 0.3 is 0 Å². The van der Waals surface area contributed by atoms with E-state index in [1.807, 2.05) is 22.9 Å². The van der Waals surface area contributed by atoms with E-state index >= 15 is 0 Å². The van der Waals surface area contributed by atoms with Gasteiger partial charge in [0.2, 0.25) is 0 Å². The largest absolute Gasteiger partial charge is 0.325 e. The molecule has 174 valence electrons. The van der Waals surface area contributed by atoms with Gasteiger partial charge in [-0.3, -0.25) is 4.79 Å². The van der Waals surface area contributed by atoms with E-state index in [1.54, 1.807) is 16.7 Å². The van der Waals surface area contributed by atoms with E-state index in [9.17, 15) is 14.4 Å². The maximum absolute atomic E-state index is 14.9. The Morgan fingerprint density at radius 3 is 2.91 bits per heavy atom. The van der Waals surface area contributed by atoms with Gasteiger partial charge in [0.05, 0.1) is 47.0 Å². The van der Waals surface area contributed by atoms with Crippen LogP contribution >= 0.6 is 15.9 Å². The lowest BCUT2D eigenvalue weighted by Gasteiger charge is -2.20. The van der Waals surface area contributed by atoms with Gasteiger partial charge in [-0.05, 0) is 52.4 Å². The minimum absolute atomic E-state index is 0.0157. The van der Waals surface area contributed by atoms with Crippen LogP contribution < -0.4 is 0 Å². The molecule has 1 aliphatic carbocycles. The second-order valence-electron chi connectivity index (χ2n) is 8.48. The highest BCUT2D eigenvalue weighted by Gasteiger charge is 2.26. The zero-order valence-electron chi connectivity index (χ0n) is 18.2. The molecule has 0 bridgehead atoms. The molecular formula is C23H17BrFN9O. The second kappa shape index (κ2) is 8.28. The highest BCUT2D eigenvalue weighted by atomic mass is 79.9. The number of nitriles is 1. The molecule has 12 heteroatoms. The number of carbonyl (C=O) groups excluding carboxylic acids is 1. The monoisotopic (exact) mass is 533 g/mol. The Labute approximate surface area is 206 Å². The van der Waals surface area contributed by atoms with Crippen molar-refractivity contribution in [1.29, 1.82) is 5.26 Å². The molecule has 10 nitrogen and oxygen atoms in total. The van der Waals surface area contributed by atoms with Crippen LogP contribution in [0.2, 0.25) is 0 Å². The minimum atomic E-state index is -0.465. The molecule has 0 atom stereocenters. The van der Waals surface area contributed by atoms with E-state index in [-0.39, 0.29) is 24.3 Å². The highest BCUT2D eigenvalue weighted by Crippen LogP contribution is 2.40. The van der Waals surface area contributed by atoms with Crippen molar-refractivity contribution >= 4 is 33.0 Å². The van der Waals surface area contributed by atoms with Gasteiger partial charge in [-0.1, -0.05) is 0 Å². The van der Waals surface area contributed by atoms with Crippen molar-refractivity contribution in [2.75, 3.05) is 0 Å². The molecule has 5 aromatic heterocycles. The van der Waals surface area contributed by atoms with Crippen LogP contribution in [0.25, 0.3) is 11.2 Å². The van der Waals surface area contributed by atoms with Gasteiger partial charge in [-0.25, -0.2) is 14.4 Å². The lowest BCUT2D eigenvalue weighted by molar-refractivity contribution is 0.0720. The molecule has 35 heavy (non-hydrogen) atoms. The third kappa shape index (κ3) is 3.83. The zero-order valence-corrected chi connectivity index (χ0v) is 19.8. The smallest absolute Gasteiger partial charge is 0.276 e. The van der Waals surface area contributed by atoms with Gasteiger partial charge in [0.25, 0.3) is 5.91 Å². The fourth-order valence-electron chi connectivity index (χ4n) is 4.21. The van der Waals surface area contributed by atoms with Crippen molar-refractivity contribution in [3.63, 3.8) is 0 Å². The number of imidazole rings is 2. The molecule has 1 amide bonds. The molecule has 1 aliphatic rings.